The molecule has 0 bridgehead atoms. The van der Waals surface area contributed by atoms with Crippen LogP contribution >= 0.6 is 0 Å². The average molecular weight is 248 g/mol. The minimum atomic E-state index is 0.253. The second-order valence-electron chi connectivity index (χ2n) is 5.25. The Labute approximate surface area is 110 Å². The van der Waals surface area contributed by atoms with E-state index in [9.17, 15) is 4.79 Å². The van der Waals surface area contributed by atoms with E-state index in [0.29, 0.717) is 25.4 Å². The van der Waals surface area contributed by atoms with Gasteiger partial charge < -0.3 is 4.74 Å². The van der Waals surface area contributed by atoms with Gasteiger partial charge in [-0.25, -0.2) is 0 Å². The van der Waals surface area contributed by atoms with Crippen molar-refractivity contribution in [1.82, 2.24) is 0 Å². The fraction of sp³-hybridized carbons (Fsp3) is 0.562. The van der Waals surface area contributed by atoms with Crippen LogP contribution in [-0.4, -0.2) is 19.0 Å². The van der Waals surface area contributed by atoms with E-state index < -0.39 is 0 Å². The Bertz CT molecular complexity index is 352. The number of aryl methyl sites for hydroxylation is 1. The molecule has 0 saturated heterocycles. The van der Waals surface area contributed by atoms with Crippen LogP contribution < -0.4 is 0 Å². The van der Waals surface area contributed by atoms with Crippen molar-refractivity contribution in [2.75, 3.05) is 13.2 Å². The number of Topliss-reactive ketones (excluding diaryl/α,β-unsaturated/α-hetero) is 1. The molecule has 0 N–H and O–H groups in total. The van der Waals surface area contributed by atoms with Crippen LogP contribution in [0.25, 0.3) is 0 Å². The number of carbonyl (C=O) groups excluding carboxylic acids is 1. The van der Waals surface area contributed by atoms with E-state index in [1.54, 1.807) is 0 Å². The Balaban J connectivity index is 2.16. The second kappa shape index (κ2) is 8.04. The Hall–Kier alpha value is -1.15. The first-order valence-electron chi connectivity index (χ1n) is 6.73. The maximum absolute atomic E-state index is 11.7. The van der Waals surface area contributed by atoms with Gasteiger partial charge in [0.25, 0.3) is 0 Å². The largest absolute Gasteiger partial charge is 0.381 e. The van der Waals surface area contributed by atoms with Crippen molar-refractivity contribution in [3.05, 3.63) is 35.4 Å². The third kappa shape index (κ3) is 6.55. The molecule has 2 nitrogen and oxygen atoms in total. The minimum Gasteiger partial charge on any atom is -0.381 e. The Morgan fingerprint density at radius 1 is 1.17 bits per heavy atom. The molecule has 2 heteroatoms. The lowest BCUT2D eigenvalue weighted by atomic mass is 10.1. The van der Waals surface area contributed by atoms with Crippen LogP contribution in [-0.2, 0) is 16.0 Å². The molecule has 0 radical (unpaired) electrons. The highest BCUT2D eigenvalue weighted by atomic mass is 16.5. The second-order valence-corrected chi connectivity index (χ2v) is 5.25. The summed E-state index contributed by atoms with van der Waals surface area (Å²) >= 11 is 0. The number of hydrogen-bond acceptors (Lipinski definition) is 2. The summed E-state index contributed by atoms with van der Waals surface area (Å²) in [6.07, 6.45) is 2.10. The van der Waals surface area contributed by atoms with Crippen LogP contribution in [0.3, 0.4) is 0 Å². The highest BCUT2D eigenvalue weighted by molar-refractivity contribution is 5.80. The number of ether oxygens (including phenoxy) is 1. The molecule has 18 heavy (non-hydrogen) atoms. The van der Waals surface area contributed by atoms with E-state index in [-0.39, 0.29) is 5.78 Å². The zero-order valence-electron chi connectivity index (χ0n) is 11.7. The van der Waals surface area contributed by atoms with Crippen LogP contribution in [0, 0.1) is 12.8 Å². The summed E-state index contributed by atoms with van der Waals surface area (Å²) in [5.74, 6) is 0.914. The Morgan fingerprint density at radius 2 is 1.83 bits per heavy atom. The number of carbonyl (C=O) groups is 1. The van der Waals surface area contributed by atoms with Crippen LogP contribution in [0.2, 0.25) is 0 Å². The van der Waals surface area contributed by atoms with Crippen molar-refractivity contribution < 1.29 is 9.53 Å². The quantitative estimate of drug-likeness (QED) is 0.657. The van der Waals surface area contributed by atoms with E-state index in [0.717, 1.165) is 18.6 Å². The fourth-order valence-corrected chi connectivity index (χ4v) is 1.63. The van der Waals surface area contributed by atoms with Crippen LogP contribution in [0.15, 0.2) is 24.3 Å². The van der Waals surface area contributed by atoms with Crippen molar-refractivity contribution in [3.8, 4) is 0 Å². The van der Waals surface area contributed by atoms with Gasteiger partial charge >= 0.3 is 0 Å². The highest BCUT2D eigenvalue weighted by Gasteiger charge is 2.04. The van der Waals surface area contributed by atoms with Crippen LogP contribution in [0.5, 0.6) is 0 Å². The number of rotatable bonds is 8. The fourth-order valence-electron chi connectivity index (χ4n) is 1.63. The van der Waals surface area contributed by atoms with Gasteiger partial charge in [-0.1, -0.05) is 43.7 Å². The number of ketones is 1. The van der Waals surface area contributed by atoms with Crippen molar-refractivity contribution in [3.63, 3.8) is 0 Å². The van der Waals surface area contributed by atoms with E-state index in [4.69, 9.17) is 4.74 Å². The van der Waals surface area contributed by atoms with Gasteiger partial charge in [-0.3, -0.25) is 4.79 Å². The van der Waals surface area contributed by atoms with Gasteiger partial charge in [0, 0.05) is 19.4 Å². The van der Waals surface area contributed by atoms with Crippen molar-refractivity contribution in [2.24, 2.45) is 5.92 Å². The molecule has 1 rings (SSSR count). The smallest absolute Gasteiger partial charge is 0.139 e. The normalized spacial score (nSPS) is 10.9. The van der Waals surface area contributed by atoms with Crippen molar-refractivity contribution in [2.45, 2.75) is 40.0 Å². The maximum Gasteiger partial charge on any atom is 0.139 e. The molecule has 0 heterocycles. The van der Waals surface area contributed by atoms with Gasteiger partial charge in [-0.15, -0.1) is 0 Å². The lowest BCUT2D eigenvalue weighted by molar-refractivity contribution is -0.119. The lowest BCUT2D eigenvalue weighted by Gasteiger charge is -2.06. The molecule has 100 valence electrons. The molecule has 0 spiro atoms. The first-order valence-corrected chi connectivity index (χ1v) is 6.73. The standard InChI is InChI=1S/C16H24O2/c1-13(2)8-10-18-11-9-16(17)12-15-6-4-14(3)5-7-15/h4-7,13H,8-12H2,1-3H3. The van der Waals surface area contributed by atoms with E-state index >= 15 is 0 Å². The molecule has 0 aliphatic rings. The summed E-state index contributed by atoms with van der Waals surface area (Å²) in [5.41, 5.74) is 2.32. The van der Waals surface area contributed by atoms with Gasteiger partial charge in [0.05, 0.1) is 6.61 Å². The maximum atomic E-state index is 11.7. The molecule has 0 unspecified atom stereocenters. The molecule has 0 saturated carbocycles. The summed E-state index contributed by atoms with van der Waals surface area (Å²) in [5, 5.41) is 0. The van der Waals surface area contributed by atoms with Gasteiger partial charge in [0.2, 0.25) is 0 Å². The molecular formula is C16H24O2. The molecule has 1 aromatic rings. The van der Waals surface area contributed by atoms with Gasteiger partial charge in [-0.05, 0) is 24.8 Å². The molecule has 0 atom stereocenters. The van der Waals surface area contributed by atoms with Gasteiger partial charge in [0.15, 0.2) is 0 Å². The van der Waals surface area contributed by atoms with Gasteiger partial charge in [-0.2, -0.15) is 0 Å². The minimum absolute atomic E-state index is 0.253. The monoisotopic (exact) mass is 248 g/mol. The summed E-state index contributed by atoms with van der Waals surface area (Å²) < 4.78 is 5.45. The zero-order chi connectivity index (χ0) is 13.4. The molecule has 0 aromatic heterocycles. The third-order valence-electron chi connectivity index (χ3n) is 2.89. The molecule has 1 aromatic carbocycles. The Morgan fingerprint density at radius 3 is 2.44 bits per heavy atom. The van der Waals surface area contributed by atoms with Crippen molar-refractivity contribution >= 4 is 5.78 Å². The molecular weight excluding hydrogens is 224 g/mol. The van der Waals surface area contributed by atoms with E-state index in [1.807, 2.05) is 31.2 Å². The predicted octanol–water partition coefficient (Wildman–Crippen LogP) is 3.56. The highest BCUT2D eigenvalue weighted by Crippen LogP contribution is 2.06. The van der Waals surface area contributed by atoms with Crippen molar-refractivity contribution in [1.29, 1.82) is 0 Å². The molecule has 0 aliphatic heterocycles. The first-order chi connectivity index (χ1) is 8.58. The summed E-state index contributed by atoms with van der Waals surface area (Å²) in [4.78, 5) is 11.7. The van der Waals surface area contributed by atoms with E-state index in [1.165, 1.54) is 5.56 Å². The Kier molecular flexibility index (Phi) is 6.66. The predicted molar refractivity (Wildman–Crippen MR) is 74.8 cm³/mol. The SMILES string of the molecule is Cc1ccc(CC(=O)CCOCCC(C)C)cc1. The lowest BCUT2D eigenvalue weighted by Crippen LogP contribution is -2.08. The number of hydrogen-bond donors (Lipinski definition) is 0. The summed E-state index contributed by atoms with van der Waals surface area (Å²) in [7, 11) is 0. The molecule has 0 fully saturated rings. The summed E-state index contributed by atoms with van der Waals surface area (Å²) in [6, 6.07) is 8.13. The van der Waals surface area contributed by atoms with E-state index in [2.05, 4.69) is 13.8 Å². The average Bonchev–Trinajstić information content (AvgIpc) is 2.31. The molecule has 0 amide bonds. The van der Waals surface area contributed by atoms with Gasteiger partial charge in [0.1, 0.15) is 5.78 Å². The van der Waals surface area contributed by atoms with Crippen LogP contribution in [0.4, 0.5) is 0 Å². The van der Waals surface area contributed by atoms with Crippen LogP contribution in [0.1, 0.15) is 37.8 Å². The summed E-state index contributed by atoms with van der Waals surface area (Å²) in [6.45, 7) is 7.71. The number of benzene rings is 1. The third-order valence-corrected chi connectivity index (χ3v) is 2.89. The zero-order valence-corrected chi connectivity index (χ0v) is 11.7. The first kappa shape index (κ1) is 14.9. The topological polar surface area (TPSA) is 26.3 Å². The molecule has 0 aliphatic carbocycles.